The number of ether oxygens (including phenoxy) is 1. The predicted octanol–water partition coefficient (Wildman–Crippen LogP) is 3.11. The van der Waals surface area contributed by atoms with Gasteiger partial charge in [-0.1, -0.05) is 13.8 Å². The van der Waals surface area contributed by atoms with Crippen molar-refractivity contribution in [3.05, 3.63) is 32.5 Å². The Morgan fingerprint density at radius 3 is 2.55 bits per heavy atom. The van der Waals surface area contributed by atoms with E-state index in [9.17, 15) is 19.3 Å². The molecule has 0 radical (unpaired) electrons. The van der Waals surface area contributed by atoms with Crippen LogP contribution < -0.4 is 5.32 Å². The molecule has 20 heavy (non-hydrogen) atoms. The number of benzene rings is 1. The molecule has 0 aliphatic heterocycles. The zero-order chi connectivity index (χ0) is 15.4. The quantitative estimate of drug-likeness (QED) is 0.502. The summed E-state index contributed by atoms with van der Waals surface area (Å²) in [6.07, 6.45) is 0. The fourth-order valence-electron chi connectivity index (χ4n) is 1.60. The summed E-state index contributed by atoms with van der Waals surface area (Å²) in [5, 5.41) is 13.7. The van der Waals surface area contributed by atoms with Gasteiger partial charge in [0.25, 0.3) is 5.69 Å². The number of carbonyl (C=O) groups excluding carboxylic acids is 1. The van der Waals surface area contributed by atoms with Crippen LogP contribution >= 0.6 is 15.9 Å². The third kappa shape index (κ3) is 3.66. The molecule has 1 N–H and O–H groups in total. The number of hydrogen-bond donors (Lipinski definition) is 1. The van der Waals surface area contributed by atoms with E-state index in [1.165, 1.54) is 13.2 Å². The molecule has 0 aromatic heterocycles. The van der Waals surface area contributed by atoms with Gasteiger partial charge in [0, 0.05) is 0 Å². The minimum absolute atomic E-state index is 0.0485. The van der Waals surface area contributed by atoms with Gasteiger partial charge in [-0.3, -0.25) is 10.1 Å². The van der Waals surface area contributed by atoms with E-state index < -0.39 is 28.4 Å². The van der Waals surface area contributed by atoms with Crippen molar-refractivity contribution in [2.24, 2.45) is 5.92 Å². The molecule has 0 saturated heterocycles. The average molecular weight is 349 g/mol. The first-order valence-corrected chi connectivity index (χ1v) is 6.55. The van der Waals surface area contributed by atoms with Crippen molar-refractivity contribution < 1.29 is 18.8 Å². The van der Waals surface area contributed by atoms with Crippen molar-refractivity contribution in [3.8, 4) is 0 Å². The number of nitrogens with zero attached hydrogens (tertiary/aromatic N) is 1. The van der Waals surface area contributed by atoms with Crippen LogP contribution in [0.3, 0.4) is 0 Å². The van der Waals surface area contributed by atoms with Crippen molar-refractivity contribution in [1.82, 2.24) is 0 Å². The van der Waals surface area contributed by atoms with E-state index in [1.807, 2.05) is 0 Å². The van der Waals surface area contributed by atoms with Crippen LogP contribution in [0.2, 0.25) is 0 Å². The molecule has 0 aliphatic carbocycles. The highest BCUT2D eigenvalue weighted by molar-refractivity contribution is 9.10. The predicted molar refractivity (Wildman–Crippen MR) is 75.0 cm³/mol. The van der Waals surface area contributed by atoms with E-state index in [0.717, 1.165) is 6.07 Å². The molecule has 110 valence electrons. The van der Waals surface area contributed by atoms with Gasteiger partial charge in [-0.05, 0) is 27.9 Å². The molecule has 1 aromatic carbocycles. The maximum Gasteiger partial charge on any atom is 0.328 e. The van der Waals surface area contributed by atoms with Crippen LogP contribution in [0.15, 0.2) is 16.6 Å². The molecule has 0 amide bonds. The van der Waals surface area contributed by atoms with Crippen LogP contribution in [-0.2, 0) is 9.53 Å². The number of carbonyl (C=O) groups is 1. The number of anilines is 1. The summed E-state index contributed by atoms with van der Waals surface area (Å²) in [5.41, 5.74) is -0.396. The van der Waals surface area contributed by atoms with Gasteiger partial charge in [-0.15, -0.1) is 0 Å². The number of nitrogens with one attached hydrogen (secondary N) is 1. The summed E-state index contributed by atoms with van der Waals surface area (Å²) in [6, 6.07) is 1.25. The molecule has 0 bridgehead atoms. The van der Waals surface area contributed by atoms with Crippen molar-refractivity contribution in [2.45, 2.75) is 19.9 Å². The fraction of sp³-hybridized carbons (Fsp3) is 0.417. The molecule has 0 fully saturated rings. The monoisotopic (exact) mass is 348 g/mol. The lowest BCUT2D eigenvalue weighted by Gasteiger charge is -2.21. The van der Waals surface area contributed by atoms with E-state index in [2.05, 4.69) is 26.0 Å². The number of rotatable bonds is 5. The van der Waals surface area contributed by atoms with E-state index in [4.69, 9.17) is 0 Å². The van der Waals surface area contributed by atoms with Crippen LogP contribution in [0.1, 0.15) is 13.8 Å². The van der Waals surface area contributed by atoms with E-state index in [1.54, 1.807) is 13.8 Å². The summed E-state index contributed by atoms with van der Waals surface area (Å²) < 4.78 is 18.1. The highest BCUT2D eigenvalue weighted by Crippen LogP contribution is 2.31. The second-order valence-corrected chi connectivity index (χ2v) is 5.28. The molecule has 8 heteroatoms. The Morgan fingerprint density at radius 1 is 1.50 bits per heavy atom. The summed E-state index contributed by atoms with van der Waals surface area (Å²) in [7, 11) is 1.23. The number of hydrogen-bond acceptors (Lipinski definition) is 5. The third-order valence-corrected chi connectivity index (χ3v) is 3.28. The Bertz CT molecular complexity index is 536. The Hall–Kier alpha value is -1.70. The van der Waals surface area contributed by atoms with Gasteiger partial charge in [0.2, 0.25) is 0 Å². The van der Waals surface area contributed by atoms with Gasteiger partial charge < -0.3 is 10.1 Å². The van der Waals surface area contributed by atoms with Crippen LogP contribution in [0.5, 0.6) is 0 Å². The maximum absolute atomic E-state index is 13.4. The fourth-order valence-corrected chi connectivity index (χ4v) is 1.94. The van der Waals surface area contributed by atoms with E-state index in [-0.39, 0.29) is 16.1 Å². The van der Waals surface area contributed by atoms with Gasteiger partial charge >= 0.3 is 5.97 Å². The lowest BCUT2D eigenvalue weighted by molar-refractivity contribution is -0.384. The first kappa shape index (κ1) is 16.4. The van der Waals surface area contributed by atoms with Gasteiger partial charge in [-0.2, -0.15) is 0 Å². The standard InChI is InChI=1S/C12H14BrFN2O4/c1-6(2)11(12(17)20-3)15-9-4-7(13)8(14)5-10(9)16(18)19/h4-6,11,15H,1-3H3. The van der Waals surface area contributed by atoms with Gasteiger partial charge in [0.1, 0.15) is 17.5 Å². The molecule has 6 nitrogen and oxygen atoms in total. The third-order valence-electron chi connectivity index (χ3n) is 2.67. The number of nitro benzene ring substituents is 1. The van der Waals surface area contributed by atoms with Gasteiger partial charge in [0.05, 0.1) is 22.6 Å². The summed E-state index contributed by atoms with van der Waals surface area (Å²) >= 11 is 2.96. The topological polar surface area (TPSA) is 81.5 Å². The minimum atomic E-state index is -0.768. The summed E-state index contributed by atoms with van der Waals surface area (Å²) in [6.45, 7) is 3.53. The smallest absolute Gasteiger partial charge is 0.328 e. The normalized spacial score (nSPS) is 12.1. The molecule has 0 saturated carbocycles. The van der Waals surface area contributed by atoms with Crippen LogP contribution in [0.25, 0.3) is 0 Å². The van der Waals surface area contributed by atoms with Gasteiger partial charge in [0.15, 0.2) is 0 Å². The highest BCUT2D eigenvalue weighted by atomic mass is 79.9. The first-order valence-electron chi connectivity index (χ1n) is 5.75. The van der Waals surface area contributed by atoms with Gasteiger partial charge in [-0.25, -0.2) is 9.18 Å². The summed E-state index contributed by atoms with van der Waals surface area (Å²) in [5.74, 6) is -1.46. The largest absolute Gasteiger partial charge is 0.467 e. The minimum Gasteiger partial charge on any atom is -0.467 e. The number of nitro groups is 1. The van der Waals surface area contributed by atoms with Crippen LogP contribution in [-0.4, -0.2) is 24.0 Å². The lowest BCUT2D eigenvalue weighted by Crippen LogP contribution is -2.35. The molecule has 1 unspecified atom stereocenters. The molecule has 0 spiro atoms. The SMILES string of the molecule is COC(=O)C(Nc1cc(Br)c(F)cc1[N+](=O)[O-])C(C)C. The Labute approximate surface area is 123 Å². The number of esters is 1. The molecule has 0 heterocycles. The Kier molecular flexibility index (Phi) is 5.43. The first-order chi connectivity index (χ1) is 9.27. The molecular weight excluding hydrogens is 335 g/mol. The Balaban J connectivity index is 3.21. The zero-order valence-electron chi connectivity index (χ0n) is 11.1. The van der Waals surface area contributed by atoms with E-state index >= 15 is 0 Å². The molecule has 0 aliphatic rings. The second kappa shape index (κ2) is 6.65. The molecule has 1 atom stereocenters. The van der Waals surface area contributed by atoms with Crippen LogP contribution in [0, 0.1) is 21.8 Å². The average Bonchev–Trinajstić information content (AvgIpc) is 2.37. The number of methoxy groups -OCH3 is 1. The van der Waals surface area contributed by atoms with Crippen molar-refractivity contribution in [3.63, 3.8) is 0 Å². The Morgan fingerprint density at radius 2 is 2.10 bits per heavy atom. The lowest BCUT2D eigenvalue weighted by atomic mass is 10.0. The highest BCUT2D eigenvalue weighted by Gasteiger charge is 2.27. The summed E-state index contributed by atoms with van der Waals surface area (Å²) in [4.78, 5) is 21.9. The number of halogens is 2. The second-order valence-electron chi connectivity index (χ2n) is 4.43. The molecule has 1 rings (SSSR count). The van der Waals surface area contributed by atoms with Crippen LogP contribution in [0.4, 0.5) is 15.8 Å². The van der Waals surface area contributed by atoms with E-state index in [0.29, 0.717) is 0 Å². The van der Waals surface area contributed by atoms with Crippen molar-refractivity contribution in [2.75, 3.05) is 12.4 Å². The maximum atomic E-state index is 13.4. The van der Waals surface area contributed by atoms with Crippen molar-refractivity contribution >= 4 is 33.3 Å². The molecular formula is C12H14BrFN2O4. The van der Waals surface area contributed by atoms with Crippen molar-refractivity contribution in [1.29, 1.82) is 0 Å². The molecule has 1 aromatic rings. The zero-order valence-corrected chi connectivity index (χ0v) is 12.7.